The number of methoxy groups -OCH3 is 1. The Balaban J connectivity index is 1.56. The van der Waals surface area contributed by atoms with Crippen molar-refractivity contribution in [3.63, 3.8) is 0 Å². The number of fused-ring (bicyclic) bond motifs is 1. The molecular weight excluding hydrogens is 486 g/mol. The summed E-state index contributed by atoms with van der Waals surface area (Å²) in [7, 11) is -2.45. The summed E-state index contributed by atoms with van der Waals surface area (Å²) in [6.07, 6.45) is 2.12. The van der Waals surface area contributed by atoms with Crippen LogP contribution >= 0.6 is 11.3 Å². The molecule has 2 heterocycles. The maximum atomic E-state index is 13.3. The lowest BCUT2D eigenvalue weighted by molar-refractivity contribution is -0.118. The Morgan fingerprint density at radius 1 is 1.09 bits per heavy atom. The highest BCUT2D eigenvalue weighted by Crippen LogP contribution is 2.28. The number of carbonyl (C=O) groups excluding carboxylic acids is 1. The molecule has 0 bridgehead atoms. The van der Waals surface area contributed by atoms with Gasteiger partial charge in [-0.25, -0.2) is 8.42 Å². The van der Waals surface area contributed by atoms with Gasteiger partial charge in [0.15, 0.2) is 0 Å². The second-order valence-electron chi connectivity index (χ2n) is 7.95. The van der Waals surface area contributed by atoms with Crippen LogP contribution in [0.2, 0.25) is 0 Å². The van der Waals surface area contributed by atoms with Crippen LogP contribution in [-0.4, -0.2) is 42.7 Å². The zero-order valence-corrected chi connectivity index (χ0v) is 21.1. The Hall–Kier alpha value is -3.41. The van der Waals surface area contributed by atoms with Gasteiger partial charge in [0, 0.05) is 17.1 Å². The van der Waals surface area contributed by atoms with Crippen molar-refractivity contribution in [1.82, 2.24) is 19.9 Å². The molecule has 11 heteroatoms. The van der Waals surface area contributed by atoms with Crippen molar-refractivity contribution in [2.24, 2.45) is 5.92 Å². The molecule has 2 atom stereocenters. The van der Waals surface area contributed by atoms with Crippen LogP contribution in [-0.2, 0) is 14.8 Å². The highest BCUT2D eigenvalue weighted by molar-refractivity contribution is 7.89. The number of anilines is 1. The Labute approximate surface area is 207 Å². The van der Waals surface area contributed by atoms with Crippen LogP contribution in [0, 0.1) is 5.92 Å². The number of carbonyl (C=O) groups is 1. The highest BCUT2D eigenvalue weighted by atomic mass is 32.2. The first-order valence-corrected chi connectivity index (χ1v) is 13.3. The van der Waals surface area contributed by atoms with Gasteiger partial charge in [0.2, 0.25) is 21.1 Å². The number of para-hydroxylation sites is 1. The lowest BCUT2D eigenvalue weighted by atomic mass is 9.99. The number of aromatic nitrogens is 3. The fourth-order valence-electron chi connectivity index (χ4n) is 3.49. The van der Waals surface area contributed by atoms with E-state index in [-0.39, 0.29) is 15.9 Å². The molecule has 4 rings (SSSR count). The van der Waals surface area contributed by atoms with Crippen LogP contribution in [0.4, 0.5) is 5.13 Å². The Morgan fingerprint density at radius 2 is 1.83 bits per heavy atom. The van der Waals surface area contributed by atoms with Crippen molar-refractivity contribution in [1.29, 1.82) is 0 Å². The van der Waals surface area contributed by atoms with Crippen molar-refractivity contribution in [3.8, 4) is 16.3 Å². The number of nitrogens with one attached hydrogen (secondary N) is 2. The maximum Gasteiger partial charge on any atom is 0.244 e. The molecule has 9 nitrogen and oxygen atoms in total. The van der Waals surface area contributed by atoms with E-state index in [1.165, 1.54) is 23.6 Å². The number of pyridine rings is 1. The smallest absolute Gasteiger partial charge is 0.244 e. The van der Waals surface area contributed by atoms with Gasteiger partial charge in [-0.1, -0.05) is 49.8 Å². The number of rotatable bonds is 9. The molecule has 0 saturated carbocycles. The predicted molar refractivity (Wildman–Crippen MR) is 136 cm³/mol. The molecule has 4 aromatic rings. The van der Waals surface area contributed by atoms with Gasteiger partial charge in [0.05, 0.1) is 12.6 Å². The van der Waals surface area contributed by atoms with Crippen molar-refractivity contribution >= 4 is 43.3 Å². The fraction of sp³-hybridized carbons (Fsp3) is 0.250. The third kappa shape index (κ3) is 5.47. The summed E-state index contributed by atoms with van der Waals surface area (Å²) in [5.74, 6) is -0.0629. The van der Waals surface area contributed by atoms with Crippen molar-refractivity contribution in [2.45, 2.75) is 31.2 Å². The van der Waals surface area contributed by atoms with Gasteiger partial charge in [-0.2, -0.15) is 4.72 Å². The SMILES string of the molecule is CCC(C)C(NS(=O)(=O)c1cccc2cccnc12)C(=O)Nc1nnc(-c2ccc(OC)cc2)s1. The topological polar surface area (TPSA) is 123 Å². The molecule has 0 fully saturated rings. The molecule has 2 unspecified atom stereocenters. The van der Waals surface area contributed by atoms with E-state index in [0.717, 1.165) is 11.3 Å². The number of benzene rings is 2. The third-order valence-electron chi connectivity index (χ3n) is 5.65. The second-order valence-corrected chi connectivity index (χ2v) is 10.6. The Morgan fingerprint density at radius 3 is 2.54 bits per heavy atom. The van der Waals surface area contributed by atoms with Crippen molar-refractivity contribution in [3.05, 3.63) is 60.8 Å². The molecule has 2 aromatic carbocycles. The van der Waals surface area contributed by atoms with Gasteiger partial charge < -0.3 is 4.74 Å². The first-order chi connectivity index (χ1) is 16.8. The molecule has 2 N–H and O–H groups in total. The summed E-state index contributed by atoms with van der Waals surface area (Å²) in [6, 6.07) is 14.7. The zero-order valence-electron chi connectivity index (χ0n) is 19.4. The average Bonchev–Trinajstić information content (AvgIpc) is 3.34. The second kappa shape index (κ2) is 10.5. The number of nitrogens with zero attached hydrogens (tertiary/aromatic N) is 3. The summed E-state index contributed by atoms with van der Waals surface area (Å²) < 4.78 is 34.4. The van der Waals surface area contributed by atoms with Crippen LogP contribution in [0.1, 0.15) is 20.3 Å². The van der Waals surface area contributed by atoms with E-state index in [1.807, 2.05) is 38.1 Å². The number of hydrogen-bond donors (Lipinski definition) is 2. The normalized spacial score (nSPS) is 13.3. The first-order valence-electron chi connectivity index (χ1n) is 11.0. The molecule has 0 aliphatic carbocycles. The molecule has 0 aliphatic heterocycles. The fourth-order valence-corrected chi connectivity index (χ4v) is 5.73. The van der Waals surface area contributed by atoms with Gasteiger partial charge in [-0.05, 0) is 42.3 Å². The van der Waals surface area contributed by atoms with Crippen LogP contribution in [0.5, 0.6) is 5.75 Å². The van der Waals surface area contributed by atoms with Crippen LogP contribution in [0.15, 0.2) is 65.7 Å². The van der Waals surface area contributed by atoms with Gasteiger partial charge >= 0.3 is 0 Å². The number of hydrogen-bond acceptors (Lipinski definition) is 8. The molecule has 35 heavy (non-hydrogen) atoms. The Bertz CT molecular complexity index is 1430. The van der Waals surface area contributed by atoms with Gasteiger partial charge in [-0.15, -0.1) is 10.2 Å². The van der Waals surface area contributed by atoms with Crippen LogP contribution < -0.4 is 14.8 Å². The van der Waals surface area contributed by atoms with E-state index in [0.29, 0.717) is 22.3 Å². The standard InChI is InChI=1S/C24H25N5O4S2/c1-4-15(2)20(29-35(31,32)19-9-5-7-16-8-6-14-25-21(16)19)22(30)26-24-28-27-23(34-24)17-10-12-18(33-3)13-11-17/h5-15,20,29H,4H2,1-3H3,(H,26,28,30). The Kier molecular flexibility index (Phi) is 7.39. The summed E-state index contributed by atoms with van der Waals surface area (Å²) in [6.45, 7) is 3.71. The van der Waals surface area contributed by atoms with E-state index in [1.54, 1.807) is 31.4 Å². The average molecular weight is 512 g/mol. The summed E-state index contributed by atoms with van der Waals surface area (Å²) >= 11 is 1.20. The summed E-state index contributed by atoms with van der Waals surface area (Å²) in [5.41, 5.74) is 1.17. The van der Waals surface area contributed by atoms with Crippen LogP contribution in [0.25, 0.3) is 21.5 Å². The maximum absolute atomic E-state index is 13.3. The first kappa shape index (κ1) is 24.7. The van der Waals surface area contributed by atoms with Crippen molar-refractivity contribution in [2.75, 3.05) is 12.4 Å². The summed E-state index contributed by atoms with van der Waals surface area (Å²) in [5, 5.41) is 12.5. The lowest BCUT2D eigenvalue weighted by Gasteiger charge is -2.23. The number of ether oxygens (including phenoxy) is 1. The predicted octanol–water partition coefficient (Wildman–Crippen LogP) is 4.09. The minimum atomic E-state index is -4.04. The monoisotopic (exact) mass is 511 g/mol. The van der Waals surface area contributed by atoms with Gasteiger partial charge in [0.25, 0.3) is 0 Å². The van der Waals surface area contributed by atoms with E-state index < -0.39 is 22.0 Å². The molecule has 0 saturated heterocycles. The third-order valence-corrected chi connectivity index (χ3v) is 8.02. The minimum absolute atomic E-state index is 0.0226. The zero-order chi connectivity index (χ0) is 25.0. The molecule has 0 aliphatic rings. The molecule has 1 amide bonds. The molecular formula is C24H25N5O4S2. The molecule has 0 spiro atoms. The van der Waals surface area contributed by atoms with E-state index in [9.17, 15) is 13.2 Å². The van der Waals surface area contributed by atoms with Gasteiger partial charge in [-0.3, -0.25) is 15.1 Å². The van der Waals surface area contributed by atoms with E-state index in [2.05, 4.69) is 25.2 Å². The lowest BCUT2D eigenvalue weighted by Crippen LogP contribution is -2.47. The van der Waals surface area contributed by atoms with Crippen LogP contribution in [0.3, 0.4) is 0 Å². The van der Waals surface area contributed by atoms with Crippen molar-refractivity contribution < 1.29 is 17.9 Å². The molecule has 0 radical (unpaired) electrons. The number of sulfonamides is 1. The molecule has 2 aromatic heterocycles. The van der Waals surface area contributed by atoms with E-state index >= 15 is 0 Å². The largest absolute Gasteiger partial charge is 0.497 e. The molecule has 182 valence electrons. The summed E-state index contributed by atoms with van der Waals surface area (Å²) in [4.78, 5) is 17.4. The highest BCUT2D eigenvalue weighted by Gasteiger charge is 2.31. The van der Waals surface area contributed by atoms with Gasteiger partial charge in [0.1, 0.15) is 21.7 Å². The quantitative estimate of drug-likeness (QED) is 0.347. The number of amides is 1. The van der Waals surface area contributed by atoms with E-state index in [4.69, 9.17) is 4.74 Å². The minimum Gasteiger partial charge on any atom is -0.497 e.